The van der Waals surface area contributed by atoms with E-state index in [2.05, 4.69) is 11.9 Å². The number of hydrogen-bond acceptors (Lipinski definition) is 5. The quantitative estimate of drug-likeness (QED) is 0.625. The van der Waals surface area contributed by atoms with Gasteiger partial charge in [0.15, 0.2) is 0 Å². The monoisotopic (exact) mass is 401 g/mol. The van der Waals surface area contributed by atoms with E-state index in [1.165, 1.54) is 13.8 Å². The molecule has 1 saturated heterocycles. The Kier molecular flexibility index (Phi) is 18.6. The fourth-order valence-corrected chi connectivity index (χ4v) is 2.15. The molecule has 0 atom stereocenters. The first-order valence-electron chi connectivity index (χ1n) is 9.74. The third-order valence-electron chi connectivity index (χ3n) is 3.69. The molecule has 0 aromatic carbocycles. The number of morpholine rings is 1. The molecular weight excluding hydrogens is 362 g/mol. The van der Waals surface area contributed by atoms with Crippen molar-refractivity contribution in [2.45, 2.75) is 47.5 Å². The van der Waals surface area contributed by atoms with Gasteiger partial charge in [-0.05, 0) is 19.8 Å². The number of carbonyl (C=O) groups excluding carboxylic acids is 3. The number of hydrogen-bond donors (Lipinski definition) is 2. The van der Waals surface area contributed by atoms with Crippen molar-refractivity contribution in [3.05, 3.63) is 12.2 Å². The minimum absolute atomic E-state index is 0.0243. The second kappa shape index (κ2) is 18.4. The van der Waals surface area contributed by atoms with Crippen molar-refractivity contribution in [1.82, 2.24) is 15.1 Å². The minimum Gasteiger partial charge on any atom is -0.395 e. The maximum Gasteiger partial charge on any atom is 0.219 e. The lowest BCUT2D eigenvalue weighted by Crippen LogP contribution is -2.39. The van der Waals surface area contributed by atoms with E-state index >= 15 is 0 Å². The Morgan fingerprint density at radius 2 is 1.68 bits per heavy atom. The molecule has 28 heavy (non-hydrogen) atoms. The van der Waals surface area contributed by atoms with Crippen LogP contribution in [0.25, 0.3) is 0 Å². The molecule has 1 aliphatic heterocycles. The van der Waals surface area contributed by atoms with Crippen molar-refractivity contribution < 1.29 is 24.2 Å². The fraction of sp³-hybridized carbons (Fsp3) is 0.750. The maximum absolute atomic E-state index is 10.7. The molecular formula is C20H39N3O5. The Balaban J connectivity index is 0. The average Bonchev–Trinajstić information content (AvgIpc) is 2.62. The van der Waals surface area contributed by atoms with Crippen LogP contribution < -0.4 is 5.32 Å². The molecule has 164 valence electrons. The Morgan fingerprint density at radius 1 is 1.11 bits per heavy atom. The zero-order valence-electron chi connectivity index (χ0n) is 18.3. The highest BCUT2D eigenvalue weighted by molar-refractivity contribution is 5.73. The van der Waals surface area contributed by atoms with Crippen LogP contribution in [0.2, 0.25) is 0 Å². The Morgan fingerprint density at radius 3 is 2.00 bits per heavy atom. The third-order valence-corrected chi connectivity index (χ3v) is 3.69. The molecule has 0 aliphatic carbocycles. The maximum atomic E-state index is 10.7. The number of nitrogens with one attached hydrogen (secondary N) is 1. The van der Waals surface area contributed by atoms with Crippen molar-refractivity contribution in [2.24, 2.45) is 0 Å². The van der Waals surface area contributed by atoms with E-state index in [0.29, 0.717) is 26.3 Å². The number of nitrogens with zero attached hydrogens (tertiary/aromatic N) is 2. The summed E-state index contributed by atoms with van der Waals surface area (Å²) >= 11 is 0. The summed E-state index contributed by atoms with van der Waals surface area (Å²) in [5.74, 6) is 0.213. The number of aliphatic hydroxyl groups excluding tert-OH is 1. The molecule has 0 aromatic heterocycles. The van der Waals surface area contributed by atoms with Crippen molar-refractivity contribution in [3.8, 4) is 0 Å². The highest BCUT2D eigenvalue weighted by atomic mass is 16.5. The van der Waals surface area contributed by atoms with Crippen molar-refractivity contribution in [3.63, 3.8) is 0 Å². The summed E-state index contributed by atoms with van der Waals surface area (Å²) in [6.45, 7) is 17.2. The molecule has 0 aromatic rings. The third kappa shape index (κ3) is 18.8. The normalized spacial score (nSPS) is 12.6. The topological polar surface area (TPSA) is 99.2 Å². The molecule has 1 heterocycles. The molecule has 8 nitrogen and oxygen atoms in total. The van der Waals surface area contributed by atoms with Gasteiger partial charge in [-0.15, -0.1) is 6.58 Å². The Hall–Kier alpha value is -1.93. The van der Waals surface area contributed by atoms with E-state index in [-0.39, 0.29) is 24.3 Å². The second-order valence-electron chi connectivity index (χ2n) is 6.54. The number of ether oxygens (including phenoxy) is 1. The number of amides is 3. The first-order chi connectivity index (χ1) is 13.1. The molecule has 3 amide bonds. The van der Waals surface area contributed by atoms with Crippen LogP contribution in [0, 0.1) is 0 Å². The van der Waals surface area contributed by atoms with E-state index in [4.69, 9.17) is 9.84 Å². The summed E-state index contributed by atoms with van der Waals surface area (Å²) in [5, 5.41) is 11.2. The van der Waals surface area contributed by atoms with Gasteiger partial charge in [0, 0.05) is 53.5 Å². The van der Waals surface area contributed by atoms with Gasteiger partial charge in [-0.25, -0.2) is 0 Å². The van der Waals surface area contributed by atoms with Gasteiger partial charge in [0.05, 0.1) is 19.8 Å². The molecule has 0 unspecified atom stereocenters. The van der Waals surface area contributed by atoms with Gasteiger partial charge in [0.2, 0.25) is 17.7 Å². The molecule has 2 N–H and O–H groups in total. The van der Waals surface area contributed by atoms with Gasteiger partial charge in [-0.2, -0.15) is 0 Å². The van der Waals surface area contributed by atoms with Crippen LogP contribution in [0.5, 0.6) is 0 Å². The van der Waals surface area contributed by atoms with Crippen LogP contribution in [0.15, 0.2) is 12.2 Å². The molecule has 1 aliphatic rings. The predicted octanol–water partition coefficient (Wildman–Crippen LogP) is 1.19. The first kappa shape index (κ1) is 28.3. The van der Waals surface area contributed by atoms with Crippen LogP contribution >= 0.6 is 0 Å². The SMILES string of the molecule is C=C(C)CCNC(C)=O.CC(=O)N1CCOCC1.CCCN(CCO)C(C)=O. The van der Waals surface area contributed by atoms with E-state index in [1.54, 1.807) is 16.7 Å². The van der Waals surface area contributed by atoms with Gasteiger partial charge >= 0.3 is 0 Å². The van der Waals surface area contributed by atoms with Gasteiger partial charge in [-0.3, -0.25) is 14.4 Å². The lowest BCUT2D eigenvalue weighted by atomic mass is 10.2. The standard InChI is InChI=1S/C7H15NO2.C7H13NO.C6H11NO2/c1-3-4-8(5-6-9)7(2)10;1-6(2)4-5-8-7(3)9;1-6(8)7-2-4-9-5-3-7/h9H,3-6H2,1-2H3;1,4-5H2,2-3H3,(H,8,9);2-5H2,1H3. The highest BCUT2D eigenvalue weighted by Gasteiger charge is 2.11. The van der Waals surface area contributed by atoms with E-state index in [0.717, 1.165) is 38.0 Å². The van der Waals surface area contributed by atoms with E-state index in [9.17, 15) is 14.4 Å². The summed E-state index contributed by atoms with van der Waals surface area (Å²) in [5.41, 5.74) is 1.10. The highest BCUT2D eigenvalue weighted by Crippen LogP contribution is 1.95. The number of aliphatic hydroxyl groups is 1. The second-order valence-corrected chi connectivity index (χ2v) is 6.54. The largest absolute Gasteiger partial charge is 0.395 e. The zero-order chi connectivity index (χ0) is 21.9. The van der Waals surface area contributed by atoms with Crippen LogP contribution in [-0.4, -0.2) is 85.2 Å². The van der Waals surface area contributed by atoms with Crippen molar-refractivity contribution >= 4 is 17.7 Å². The molecule has 0 bridgehead atoms. The van der Waals surface area contributed by atoms with Gasteiger partial charge in [0.1, 0.15) is 0 Å². The Bertz CT molecular complexity index is 443. The van der Waals surface area contributed by atoms with E-state index < -0.39 is 0 Å². The fourth-order valence-electron chi connectivity index (χ4n) is 2.15. The zero-order valence-corrected chi connectivity index (χ0v) is 18.3. The summed E-state index contributed by atoms with van der Waals surface area (Å²) < 4.78 is 5.06. The number of rotatable bonds is 7. The van der Waals surface area contributed by atoms with Crippen LogP contribution in [0.1, 0.15) is 47.5 Å². The average molecular weight is 402 g/mol. The molecule has 0 radical (unpaired) electrons. The molecule has 0 spiro atoms. The summed E-state index contributed by atoms with van der Waals surface area (Å²) in [7, 11) is 0. The smallest absolute Gasteiger partial charge is 0.219 e. The van der Waals surface area contributed by atoms with Crippen molar-refractivity contribution in [1.29, 1.82) is 0 Å². The predicted molar refractivity (Wildman–Crippen MR) is 111 cm³/mol. The van der Waals surface area contributed by atoms with Crippen molar-refractivity contribution in [2.75, 3.05) is 52.5 Å². The molecule has 8 heteroatoms. The molecule has 1 fully saturated rings. The molecule has 0 saturated carbocycles. The van der Waals surface area contributed by atoms with E-state index in [1.807, 2.05) is 13.8 Å². The summed E-state index contributed by atoms with van der Waals surface area (Å²) in [4.78, 5) is 35.1. The summed E-state index contributed by atoms with van der Waals surface area (Å²) in [6, 6.07) is 0. The summed E-state index contributed by atoms with van der Waals surface area (Å²) in [6.07, 6.45) is 1.82. The van der Waals surface area contributed by atoms with Crippen LogP contribution in [-0.2, 0) is 19.1 Å². The van der Waals surface area contributed by atoms with Gasteiger partial charge in [0.25, 0.3) is 0 Å². The Labute approximate surface area is 169 Å². The first-order valence-corrected chi connectivity index (χ1v) is 9.74. The van der Waals surface area contributed by atoms with Gasteiger partial charge < -0.3 is 25.0 Å². The lowest BCUT2D eigenvalue weighted by molar-refractivity contribution is -0.133. The number of carbonyl (C=O) groups is 3. The van der Waals surface area contributed by atoms with Crippen LogP contribution in [0.3, 0.4) is 0 Å². The minimum atomic E-state index is 0.0243. The van der Waals surface area contributed by atoms with Crippen LogP contribution in [0.4, 0.5) is 0 Å². The van der Waals surface area contributed by atoms with Gasteiger partial charge in [-0.1, -0.05) is 12.5 Å². The lowest BCUT2D eigenvalue weighted by Gasteiger charge is -2.25. The molecule has 1 rings (SSSR count).